The van der Waals surface area contributed by atoms with Crippen LogP contribution in [-0.2, 0) is 11.2 Å². The van der Waals surface area contributed by atoms with Gasteiger partial charge in [-0.2, -0.15) is 0 Å². The molecule has 0 unspecified atom stereocenters. The predicted octanol–water partition coefficient (Wildman–Crippen LogP) is 3.46. The van der Waals surface area contributed by atoms with E-state index in [9.17, 15) is 14.9 Å². The molecule has 0 spiro atoms. The molecule has 2 rings (SSSR count). The maximum Gasteiger partial charge on any atom is 0.311 e. The molecule has 0 atom stereocenters. The van der Waals surface area contributed by atoms with E-state index in [1.807, 2.05) is 12.1 Å². The largest absolute Gasteiger partial charge is 0.493 e. The molecule has 0 heterocycles. The quantitative estimate of drug-likeness (QED) is 0.330. The van der Waals surface area contributed by atoms with Gasteiger partial charge >= 0.3 is 5.97 Å². The highest BCUT2D eigenvalue weighted by molar-refractivity contribution is 5.73. The van der Waals surface area contributed by atoms with Gasteiger partial charge in [-0.3, -0.25) is 14.9 Å². The third-order valence-electron chi connectivity index (χ3n) is 3.66. The Morgan fingerprint density at radius 2 is 1.80 bits per heavy atom. The van der Waals surface area contributed by atoms with Gasteiger partial charge in [-0.05, 0) is 43.2 Å². The first-order chi connectivity index (χ1) is 11.9. The molecule has 0 N–H and O–H groups in total. The van der Waals surface area contributed by atoms with E-state index >= 15 is 0 Å². The average molecular weight is 345 g/mol. The van der Waals surface area contributed by atoms with Crippen molar-refractivity contribution in [2.75, 3.05) is 14.2 Å². The summed E-state index contributed by atoms with van der Waals surface area (Å²) in [4.78, 5) is 22.3. The van der Waals surface area contributed by atoms with E-state index in [0.29, 0.717) is 29.2 Å². The Labute approximate surface area is 145 Å². The third kappa shape index (κ3) is 4.69. The molecule has 0 saturated heterocycles. The van der Waals surface area contributed by atoms with Crippen LogP contribution in [0.3, 0.4) is 0 Å². The van der Waals surface area contributed by atoms with Crippen LogP contribution in [0.15, 0.2) is 36.4 Å². The lowest BCUT2D eigenvalue weighted by Gasteiger charge is -2.09. The highest BCUT2D eigenvalue weighted by atomic mass is 16.6. The summed E-state index contributed by atoms with van der Waals surface area (Å²) in [6.07, 6.45) is 0.649. The Bertz CT molecular complexity index is 787. The van der Waals surface area contributed by atoms with Crippen LogP contribution >= 0.6 is 0 Å². The monoisotopic (exact) mass is 345 g/mol. The number of nitrogens with zero attached hydrogens (tertiary/aromatic N) is 1. The molecule has 0 aliphatic rings. The standard InChI is InChI=1S/C18H19NO6/c1-12-10-14(6-7-15(12)19(21)22)25-18(20)9-5-13-4-8-16(23-2)17(11-13)24-3/h4,6-8,10-11H,5,9H2,1-3H3. The van der Waals surface area contributed by atoms with Crippen molar-refractivity contribution in [2.24, 2.45) is 0 Å². The first-order valence-electron chi connectivity index (χ1n) is 7.61. The molecule has 0 fully saturated rings. The number of methoxy groups -OCH3 is 2. The molecule has 132 valence electrons. The number of benzene rings is 2. The highest BCUT2D eigenvalue weighted by Gasteiger charge is 2.13. The second-order valence-electron chi connectivity index (χ2n) is 5.37. The van der Waals surface area contributed by atoms with Crippen molar-refractivity contribution in [3.63, 3.8) is 0 Å². The van der Waals surface area contributed by atoms with Crippen molar-refractivity contribution >= 4 is 11.7 Å². The second kappa shape index (κ2) is 8.14. The van der Waals surface area contributed by atoms with Crippen molar-refractivity contribution in [3.05, 3.63) is 57.6 Å². The zero-order chi connectivity index (χ0) is 18.4. The summed E-state index contributed by atoms with van der Waals surface area (Å²) in [6, 6.07) is 9.66. The molecule has 0 aliphatic carbocycles. The summed E-state index contributed by atoms with van der Waals surface area (Å²) >= 11 is 0. The van der Waals surface area contributed by atoms with Crippen LogP contribution in [-0.4, -0.2) is 25.1 Å². The zero-order valence-electron chi connectivity index (χ0n) is 14.3. The lowest BCUT2D eigenvalue weighted by molar-refractivity contribution is -0.385. The normalized spacial score (nSPS) is 10.2. The molecular weight excluding hydrogens is 326 g/mol. The Morgan fingerprint density at radius 3 is 2.40 bits per heavy atom. The van der Waals surface area contributed by atoms with Crippen molar-refractivity contribution in [1.82, 2.24) is 0 Å². The third-order valence-corrected chi connectivity index (χ3v) is 3.66. The maximum atomic E-state index is 12.0. The summed E-state index contributed by atoms with van der Waals surface area (Å²) < 4.78 is 15.6. The van der Waals surface area contributed by atoms with Gasteiger partial charge < -0.3 is 14.2 Å². The van der Waals surface area contributed by atoms with Gasteiger partial charge in [0, 0.05) is 18.1 Å². The van der Waals surface area contributed by atoms with Gasteiger partial charge in [0.15, 0.2) is 11.5 Å². The van der Waals surface area contributed by atoms with Crippen LogP contribution in [0.2, 0.25) is 0 Å². The fourth-order valence-electron chi connectivity index (χ4n) is 2.36. The van der Waals surface area contributed by atoms with E-state index in [0.717, 1.165) is 5.56 Å². The van der Waals surface area contributed by atoms with Gasteiger partial charge in [0.25, 0.3) is 5.69 Å². The summed E-state index contributed by atoms with van der Waals surface area (Å²) in [5.74, 6) is 1.10. The number of rotatable bonds is 7. The van der Waals surface area contributed by atoms with Crippen LogP contribution in [0.25, 0.3) is 0 Å². The Morgan fingerprint density at radius 1 is 1.08 bits per heavy atom. The summed E-state index contributed by atoms with van der Waals surface area (Å²) in [5.41, 5.74) is 1.34. The van der Waals surface area contributed by atoms with Gasteiger partial charge in [0.05, 0.1) is 19.1 Å². The van der Waals surface area contributed by atoms with E-state index in [1.54, 1.807) is 27.2 Å². The molecule has 2 aromatic rings. The molecule has 0 aliphatic heterocycles. The maximum absolute atomic E-state index is 12.0. The molecule has 0 saturated carbocycles. The SMILES string of the molecule is COc1ccc(CCC(=O)Oc2ccc([N+](=O)[O-])c(C)c2)cc1OC. The minimum absolute atomic E-state index is 0.00914. The lowest BCUT2D eigenvalue weighted by atomic mass is 10.1. The van der Waals surface area contributed by atoms with Crippen LogP contribution in [0, 0.1) is 17.0 Å². The molecule has 7 heteroatoms. The highest BCUT2D eigenvalue weighted by Crippen LogP contribution is 2.28. The van der Waals surface area contributed by atoms with E-state index in [1.165, 1.54) is 18.2 Å². The molecule has 0 radical (unpaired) electrons. The van der Waals surface area contributed by atoms with E-state index in [2.05, 4.69) is 0 Å². The Kier molecular flexibility index (Phi) is 5.94. The molecular formula is C18H19NO6. The number of esters is 1. The van der Waals surface area contributed by atoms with Crippen LogP contribution in [0.4, 0.5) is 5.69 Å². The molecule has 0 amide bonds. The predicted molar refractivity (Wildman–Crippen MR) is 91.3 cm³/mol. The minimum atomic E-state index is -0.474. The van der Waals surface area contributed by atoms with Crippen LogP contribution < -0.4 is 14.2 Å². The van der Waals surface area contributed by atoms with Gasteiger partial charge in [-0.25, -0.2) is 0 Å². The summed E-state index contributed by atoms with van der Waals surface area (Å²) in [7, 11) is 3.11. The average Bonchev–Trinajstić information content (AvgIpc) is 2.59. The van der Waals surface area contributed by atoms with Crippen molar-refractivity contribution in [3.8, 4) is 17.2 Å². The van der Waals surface area contributed by atoms with Crippen LogP contribution in [0.5, 0.6) is 17.2 Å². The second-order valence-corrected chi connectivity index (χ2v) is 5.37. The van der Waals surface area contributed by atoms with Crippen molar-refractivity contribution < 1.29 is 23.9 Å². The summed E-state index contributed by atoms with van der Waals surface area (Å²) in [5, 5.41) is 10.8. The van der Waals surface area contributed by atoms with E-state index < -0.39 is 10.9 Å². The van der Waals surface area contributed by atoms with Gasteiger partial charge in [-0.15, -0.1) is 0 Å². The van der Waals surface area contributed by atoms with Crippen molar-refractivity contribution in [1.29, 1.82) is 0 Å². The number of carbonyl (C=O) groups excluding carboxylic acids is 1. The fourth-order valence-corrected chi connectivity index (χ4v) is 2.36. The van der Waals surface area contributed by atoms with Gasteiger partial charge in [0.1, 0.15) is 5.75 Å². The van der Waals surface area contributed by atoms with E-state index in [4.69, 9.17) is 14.2 Å². The molecule has 7 nitrogen and oxygen atoms in total. The van der Waals surface area contributed by atoms with Crippen molar-refractivity contribution in [2.45, 2.75) is 19.8 Å². The molecule has 0 aromatic heterocycles. The minimum Gasteiger partial charge on any atom is -0.493 e. The van der Waals surface area contributed by atoms with E-state index in [-0.39, 0.29) is 12.1 Å². The zero-order valence-corrected chi connectivity index (χ0v) is 14.3. The fraction of sp³-hybridized carbons (Fsp3) is 0.278. The van der Waals surface area contributed by atoms with Gasteiger partial charge in [-0.1, -0.05) is 6.07 Å². The van der Waals surface area contributed by atoms with Gasteiger partial charge in [0.2, 0.25) is 0 Å². The lowest BCUT2D eigenvalue weighted by Crippen LogP contribution is -2.09. The Balaban J connectivity index is 1.97. The number of nitro groups is 1. The number of hydrogen-bond acceptors (Lipinski definition) is 6. The first kappa shape index (κ1) is 18.3. The number of ether oxygens (including phenoxy) is 3. The van der Waals surface area contributed by atoms with Crippen LogP contribution in [0.1, 0.15) is 17.5 Å². The number of nitro benzene ring substituents is 1. The molecule has 25 heavy (non-hydrogen) atoms. The topological polar surface area (TPSA) is 87.9 Å². The first-order valence-corrected chi connectivity index (χ1v) is 7.61. The smallest absolute Gasteiger partial charge is 0.311 e. The number of aryl methyl sites for hydroxylation is 2. The molecule has 2 aromatic carbocycles. The molecule has 0 bridgehead atoms. The number of carbonyl (C=O) groups is 1. The summed E-state index contributed by atoms with van der Waals surface area (Å²) in [6.45, 7) is 1.60. The number of hydrogen-bond donors (Lipinski definition) is 0. The Hall–Kier alpha value is -3.09.